The van der Waals surface area contributed by atoms with Crippen LogP contribution in [0.1, 0.15) is 21.5 Å². The lowest BCUT2D eigenvalue weighted by atomic mass is 10.1. The lowest BCUT2D eigenvalue weighted by Crippen LogP contribution is -2.34. The van der Waals surface area contributed by atoms with E-state index in [0.29, 0.717) is 10.7 Å². The van der Waals surface area contributed by atoms with Gasteiger partial charge in [-0.1, -0.05) is 35.1 Å². The first-order valence-corrected chi connectivity index (χ1v) is 8.30. The smallest absolute Gasteiger partial charge is 0.257 e. The molecule has 2 N–H and O–H groups in total. The SMILES string of the molecule is Cc1cccc(C(=O)NC(=S)Nc2nc3ccc(C)cc3s2)c1. The summed E-state index contributed by atoms with van der Waals surface area (Å²) >= 11 is 6.70. The van der Waals surface area contributed by atoms with Crippen molar-refractivity contribution < 1.29 is 4.79 Å². The normalized spacial score (nSPS) is 10.5. The fourth-order valence-electron chi connectivity index (χ4n) is 2.18. The van der Waals surface area contributed by atoms with Crippen molar-refractivity contribution in [3.05, 3.63) is 59.2 Å². The molecule has 0 radical (unpaired) electrons. The molecule has 23 heavy (non-hydrogen) atoms. The second-order valence-electron chi connectivity index (χ2n) is 5.27. The molecule has 0 aliphatic carbocycles. The number of amides is 1. The van der Waals surface area contributed by atoms with Gasteiger partial charge in [0, 0.05) is 5.56 Å². The Kier molecular flexibility index (Phi) is 4.36. The summed E-state index contributed by atoms with van der Waals surface area (Å²) in [6.07, 6.45) is 0. The van der Waals surface area contributed by atoms with Crippen molar-refractivity contribution in [1.29, 1.82) is 0 Å². The van der Waals surface area contributed by atoms with Crippen LogP contribution in [0.25, 0.3) is 10.2 Å². The molecule has 0 saturated heterocycles. The van der Waals surface area contributed by atoms with Gasteiger partial charge in [-0.15, -0.1) is 0 Å². The van der Waals surface area contributed by atoms with Gasteiger partial charge in [0.1, 0.15) is 0 Å². The van der Waals surface area contributed by atoms with Gasteiger partial charge in [-0.3, -0.25) is 10.1 Å². The molecule has 116 valence electrons. The van der Waals surface area contributed by atoms with Crippen molar-refractivity contribution in [1.82, 2.24) is 10.3 Å². The maximum atomic E-state index is 12.2. The largest absolute Gasteiger partial charge is 0.308 e. The number of thiocarbonyl (C=S) groups is 1. The molecule has 0 saturated carbocycles. The topological polar surface area (TPSA) is 54.0 Å². The molecular weight excluding hydrogens is 326 g/mol. The van der Waals surface area contributed by atoms with Crippen molar-refractivity contribution in [2.24, 2.45) is 0 Å². The maximum absolute atomic E-state index is 12.2. The third-order valence-electron chi connectivity index (χ3n) is 3.27. The molecule has 0 aliphatic heterocycles. The van der Waals surface area contributed by atoms with Crippen LogP contribution in [-0.2, 0) is 0 Å². The minimum absolute atomic E-state index is 0.233. The van der Waals surface area contributed by atoms with Crippen molar-refractivity contribution >= 4 is 49.9 Å². The summed E-state index contributed by atoms with van der Waals surface area (Å²) in [5, 5.41) is 6.56. The highest BCUT2D eigenvalue weighted by atomic mass is 32.1. The van der Waals surface area contributed by atoms with Gasteiger partial charge in [-0.2, -0.15) is 0 Å². The number of aromatic nitrogens is 1. The van der Waals surface area contributed by atoms with Crippen molar-refractivity contribution in [3.63, 3.8) is 0 Å². The Morgan fingerprint density at radius 2 is 1.91 bits per heavy atom. The second kappa shape index (κ2) is 6.44. The van der Waals surface area contributed by atoms with Crippen molar-refractivity contribution in [2.45, 2.75) is 13.8 Å². The highest BCUT2D eigenvalue weighted by Crippen LogP contribution is 2.26. The predicted octanol–water partition coefficient (Wildman–Crippen LogP) is 4.04. The molecule has 2 aromatic carbocycles. The van der Waals surface area contributed by atoms with E-state index in [0.717, 1.165) is 15.8 Å². The van der Waals surface area contributed by atoms with Gasteiger partial charge >= 0.3 is 0 Å². The van der Waals surface area contributed by atoms with Gasteiger partial charge in [-0.05, 0) is 55.9 Å². The van der Waals surface area contributed by atoms with Gasteiger partial charge in [0.15, 0.2) is 10.2 Å². The van der Waals surface area contributed by atoms with Gasteiger partial charge in [0.05, 0.1) is 10.2 Å². The first kappa shape index (κ1) is 15.6. The van der Waals surface area contributed by atoms with E-state index in [2.05, 4.69) is 21.7 Å². The summed E-state index contributed by atoms with van der Waals surface area (Å²) in [5.41, 5.74) is 3.70. The Morgan fingerprint density at radius 1 is 1.13 bits per heavy atom. The van der Waals surface area contributed by atoms with E-state index in [1.807, 2.05) is 44.2 Å². The number of benzene rings is 2. The molecule has 0 atom stereocenters. The van der Waals surface area contributed by atoms with Gasteiger partial charge in [0.2, 0.25) is 0 Å². The van der Waals surface area contributed by atoms with Crippen molar-refractivity contribution in [2.75, 3.05) is 5.32 Å². The van der Waals surface area contributed by atoms with Crippen LogP contribution < -0.4 is 10.6 Å². The summed E-state index contributed by atoms with van der Waals surface area (Å²) in [4.78, 5) is 16.6. The van der Waals surface area contributed by atoms with E-state index < -0.39 is 0 Å². The van der Waals surface area contributed by atoms with E-state index in [1.54, 1.807) is 6.07 Å². The number of anilines is 1. The lowest BCUT2D eigenvalue weighted by Gasteiger charge is -2.07. The number of hydrogen-bond donors (Lipinski definition) is 2. The zero-order valence-corrected chi connectivity index (χ0v) is 14.3. The second-order valence-corrected chi connectivity index (χ2v) is 6.71. The van der Waals surface area contributed by atoms with Crippen LogP contribution in [0.3, 0.4) is 0 Å². The maximum Gasteiger partial charge on any atom is 0.257 e. The molecule has 3 rings (SSSR count). The summed E-state index contributed by atoms with van der Waals surface area (Å²) in [7, 11) is 0. The molecule has 0 bridgehead atoms. The molecule has 0 fully saturated rings. The number of carbonyl (C=O) groups excluding carboxylic acids is 1. The van der Waals surface area contributed by atoms with Crippen LogP contribution in [0.2, 0.25) is 0 Å². The van der Waals surface area contributed by atoms with Crippen LogP contribution in [0.15, 0.2) is 42.5 Å². The monoisotopic (exact) mass is 341 g/mol. The lowest BCUT2D eigenvalue weighted by molar-refractivity contribution is 0.0977. The fraction of sp³-hybridized carbons (Fsp3) is 0.118. The number of nitrogens with zero attached hydrogens (tertiary/aromatic N) is 1. The first-order chi connectivity index (χ1) is 11.0. The Morgan fingerprint density at radius 3 is 2.70 bits per heavy atom. The van der Waals surface area contributed by atoms with Gasteiger partial charge in [0.25, 0.3) is 5.91 Å². The number of rotatable bonds is 2. The van der Waals surface area contributed by atoms with E-state index in [-0.39, 0.29) is 11.0 Å². The fourth-order valence-corrected chi connectivity index (χ4v) is 3.40. The molecule has 0 spiro atoms. The standard InChI is InChI=1S/C17H15N3OS2/c1-10-4-3-5-12(8-10)15(21)19-16(22)20-17-18-13-7-6-11(2)9-14(13)23-17/h3-9H,1-2H3,(H2,18,19,20,21,22). The van der Waals surface area contributed by atoms with Crippen LogP contribution in [0, 0.1) is 13.8 Å². The molecule has 3 aromatic rings. The van der Waals surface area contributed by atoms with Crippen LogP contribution in [0.4, 0.5) is 5.13 Å². The summed E-state index contributed by atoms with van der Waals surface area (Å²) in [6.45, 7) is 3.98. The van der Waals surface area contributed by atoms with E-state index in [1.165, 1.54) is 16.9 Å². The van der Waals surface area contributed by atoms with Crippen molar-refractivity contribution in [3.8, 4) is 0 Å². The van der Waals surface area contributed by atoms with E-state index in [4.69, 9.17) is 12.2 Å². The highest BCUT2D eigenvalue weighted by Gasteiger charge is 2.10. The average Bonchev–Trinajstić information content (AvgIpc) is 2.88. The molecule has 1 heterocycles. The Balaban J connectivity index is 1.69. The Hall–Kier alpha value is -2.31. The molecule has 4 nitrogen and oxygen atoms in total. The number of fused-ring (bicyclic) bond motifs is 1. The Bertz CT molecular complexity index is 902. The number of carbonyl (C=O) groups is 1. The van der Waals surface area contributed by atoms with E-state index in [9.17, 15) is 4.79 Å². The summed E-state index contributed by atoms with van der Waals surface area (Å²) < 4.78 is 1.08. The molecule has 0 unspecified atom stereocenters. The Labute approximate surface area is 143 Å². The summed E-state index contributed by atoms with van der Waals surface area (Å²) in [6, 6.07) is 13.4. The minimum Gasteiger partial charge on any atom is -0.308 e. The number of hydrogen-bond acceptors (Lipinski definition) is 4. The van der Waals surface area contributed by atoms with Gasteiger partial charge in [-0.25, -0.2) is 4.98 Å². The highest BCUT2D eigenvalue weighted by molar-refractivity contribution is 7.80. The molecular formula is C17H15N3OS2. The first-order valence-electron chi connectivity index (χ1n) is 7.07. The molecule has 1 aromatic heterocycles. The number of aryl methyl sites for hydroxylation is 2. The average molecular weight is 341 g/mol. The summed E-state index contributed by atoms with van der Waals surface area (Å²) in [5.74, 6) is -0.233. The third kappa shape index (κ3) is 3.72. The van der Waals surface area contributed by atoms with Crippen LogP contribution in [0.5, 0.6) is 0 Å². The number of nitrogens with one attached hydrogen (secondary N) is 2. The van der Waals surface area contributed by atoms with Crippen LogP contribution >= 0.6 is 23.6 Å². The third-order valence-corrected chi connectivity index (χ3v) is 4.41. The van der Waals surface area contributed by atoms with Gasteiger partial charge < -0.3 is 5.32 Å². The zero-order chi connectivity index (χ0) is 16.4. The van der Waals surface area contributed by atoms with Crippen LogP contribution in [-0.4, -0.2) is 16.0 Å². The quantitative estimate of drug-likeness (QED) is 0.691. The number of thiazole rings is 1. The van der Waals surface area contributed by atoms with E-state index >= 15 is 0 Å². The minimum atomic E-state index is -0.233. The molecule has 1 amide bonds. The predicted molar refractivity (Wildman–Crippen MR) is 99.2 cm³/mol. The molecule has 0 aliphatic rings. The zero-order valence-electron chi connectivity index (χ0n) is 12.7. The molecule has 6 heteroatoms.